The minimum atomic E-state index is -3.78. The van der Waals surface area contributed by atoms with Crippen LogP contribution in [0.2, 0.25) is 0 Å². The number of ether oxygens (including phenoxy) is 1. The van der Waals surface area contributed by atoms with Gasteiger partial charge in [0.2, 0.25) is 5.91 Å². The average molecular weight is 760 g/mol. The van der Waals surface area contributed by atoms with Gasteiger partial charge in [0.1, 0.15) is 11.8 Å². The van der Waals surface area contributed by atoms with Gasteiger partial charge >= 0.3 is 0 Å². The van der Waals surface area contributed by atoms with Crippen molar-refractivity contribution < 1.29 is 31.2 Å². The summed E-state index contributed by atoms with van der Waals surface area (Å²) in [5.41, 5.74) is 1.52. The topological polar surface area (TPSA) is 154 Å². The number of para-hydroxylation sites is 1. The number of benzene rings is 3. The van der Waals surface area contributed by atoms with Crippen LogP contribution in [0.15, 0.2) is 82.6 Å². The minimum absolute atomic E-state index is 0.00413. The molecule has 4 rings (SSSR count). The van der Waals surface area contributed by atoms with E-state index in [1.165, 1.54) is 31.9 Å². The first-order valence-corrected chi connectivity index (χ1v) is 21.3. The quantitative estimate of drug-likeness (QED) is 0.132. The number of carbonyl (C=O) groups is 2. The van der Waals surface area contributed by atoms with Crippen molar-refractivity contribution in [1.29, 1.82) is 0 Å². The number of rotatable bonds is 17. The lowest BCUT2D eigenvalue weighted by atomic mass is 9.81. The number of nitrogens with zero attached hydrogens (tertiary/aromatic N) is 2. The number of hydrogen-bond donors (Lipinski definition) is 3. The summed E-state index contributed by atoms with van der Waals surface area (Å²) in [7, 11) is -4.66. The highest BCUT2D eigenvalue weighted by Crippen LogP contribution is 2.47. The molecule has 2 atom stereocenters. The maximum absolute atomic E-state index is 14.2. The van der Waals surface area contributed by atoms with E-state index in [0.717, 1.165) is 29.3 Å². The molecule has 0 aromatic heterocycles. The summed E-state index contributed by atoms with van der Waals surface area (Å²) in [4.78, 5) is 29.5. The van der Waals surface area contributed by atoms with Crippen LogP contribution in [0.3, 0.4) is 0 Å². The molecular formula is C36H49N5O7S3. The molecule has 51 heavy (non-hydrogen) atoms. The summed E-state index contributed by atoms with van der Waals surface area (Å²) in [5.74, 6) is -0.898. The fraction of sp³-hybridized carbons (Fsp3) is 0.444. The second-order valence-electron chi connectivity index (χ2n) is 12.8. The molecule has 1 aliphatic heterocycles. The molecule has 0 bridgehead atoms. The zero-order valence-electron chi connectivity index (χ0n) is 29.8. The number of carbonyl (C=O) groups excluding carboxylic acids is 2. The fourth-order valence-electron chi connectivity index (χ4n) is 6.03. The number of fused-ring (bicyclic) bond motifs is 1. The van der Waals surface area contributed by atoms with Crippen molar-refractivity contribution in [1.82, 2.24) is 19.7 Å². The Morgan fingerprint density at radius 3 is 2.29 bits per heavy atom. The van der Waals surface area contributed by atoms with Crippen LogP contribution in [0.25, 0.3) is 0 Å². The third-order valence-corrected chi connectivity index (χ3v) is 13.3. The number of hydrogen-bond acceptors (Lipinski definition) is 9. The van der Waals surface area contributed by atoms with Crippen molar-refractivity contribution in [2.24, 2.45) is 5.41 Å². The zero-order chi connectivity index (χ0) is 37.2. The molecule has 0 aliphatic carbocycles. The maximum atomic E-state index is 14.2. The third kappa shape index (κ3) is 10.3. The smallest absolute Gasteiger partial charge is 0.278 e. The first-order valence-electron chi connectivity index (χ1n) is 16.9. The van der Waals surface area contributed by atoms with Crippen LogP contribution in [0.5, 0.6) is 5.75 Å². The van der Waals surface area contributed by atoms with Crippen molar-refractivity contribution >= 4 is 55.0 Å². The lowest BCUT2D eigenvalue weighted by molar-refractivity contribution is -0.130. The lowest BCUT2D eigenvalue weighted by Crippen LogP contribution is -2.45. The van der Waals surface area contributed by atoms with E-state index in [-0.39, 0.29) is 29.5 Å². The van der Waals surface area contributed by atoms with Gasteiger partial charge in [-0.15, -0.1) is 11.8 Å². The van der Waals surface area contributed by atoms with Crippen molar-refractivity contribution in [2.45, 2.75) is 55.4 Å². The monoisotopic (exact) mass is 759 g/mol. The summed E-state index contributed by atoms with van der Waals surface area (Å²) in [6.07, 6.45) is 5.21. The zero-order valence-corrected chi connectivity index (χ0v) is 32.3. The molecule has 3 aromatic rings. The van der Waals surface area contributed by atoms with Crippen LogP contribution in [0.1, 0.15) is 51.1 Å². The number of unbranched alkanes of at least 4 members (excludes halogenated alkanes) is 1. The summed E-state index contributed by atoms with van der Waals surface area (Å²) in [6, 6.07) is 20.7. The van der Waals surface area contributed by atoms with E-state index in [2.05, 4.69) is 34.1 Å². The van der Waals surface area contributed by atoms with Gasteiger partial charge in [0.25, 0.3) is 16.1 Å². The van der Waals surface area contributed by atoms with Crippen LogP contribution in [-0.2, 0) is 29.6 Å². The molecule has 278 valence electrons. The van der Waals surface area contributed by atoms with Gasteiger partial charge in [0.05, 0.1) is 21.2 Å². The van der Waals surface area contributed by atoms with Gasteiger partial charge in [-0.1, -0.05) is 75.2 Å². The highest BCUT2D eigenvalue weighted by Gasteiger charge is 2.42. The third-order valence-electron chi connectivity index (χ3n) is 8.99. The second kappa shape index (κ2) is 17.7. The molecule has 2 amide bonds. The van der Waals surface area contributed by atoms with Crippen molar-refractivity contribution in [3.8, 4) is 5.75 Å². The highest BCUT2D eigenvalue weighted by atomic mass is 32.2. The summed E-state index contributed by atoms with van der Waals surface area (Å²) < 4.78 is 61.8. The van der Waals surface area contributed by atoms with Gasteiger partial charge in [-0.05, 0) is 42.9 Å². The number of anilines is 2. The fourth-order valence-corrected chi connectivity index (χ4v) is 9.37. The molecule has 2 unspecified atom stereocenters. The van der Waals surface area contributed by atoms with Crippen molar-refractivity contribution in [3.05, 3.63) is 78.4 Å². The molecule has 3 N–H and O–H groups in total. The van der Waals surface area contributed by atoms with E-state index in [4.69, 9.17) is 4.74 Å². The van der Waals surface area contributed by atoms with E-state index >= 15 is 0 Å². The van der Waals surface area contributed by atoms with Crippen LogP contribution in [-0.4, -0.2) is 85.3 Å². The molecular weight excluding hydrogens is 711 g/mol. The number of nitrogens with one attached hydrogen (secondary N) is 3. The second-order valence-corrected chi connectivity index (χ2v) is 17.6. The Morgan fingerprint density at radius 2 is 1.69 bits per heavy atom. The maximum Gasteiger partial charge on any atom is 0.278 e. The molecule has 1 aliphatic rings. The van der Waals surface area contributed by atoms with Crippen LogP contribution in [0, 0.1) is 5.41 Å². The van der Waals surface area contributed by atoms with E-state index in [1.54, 1.807) is 30.3 Å². The van der Waals surface area contributed by atoms with E-state index in [9.17, 15) is 26.4 Å². The summed E-state index contributed by atoms with van der Waals surface area (Å²) in [5, 5.41) is 5.38. The molecule has 0 saturated carbocycles. The summed E-state index contributed by atoms with van der Waals surface area (Å²) in [6.45, 7) is 4.16. The van der Waals surface area contributed by atoms with Crippen LogP contribution >= 0.6 is 11.8 Å². The Hall–Kier alpha value is -3.63. The molecule has 0 radical (unpaired) electrons. The Kier molecular flexibility index (Phi) is 14.0. The lowest BCUT2D eigenvalue weighted by Gasteiger charge is -2.36. The van der Waals surface area contributed by atoms with Gasteiger partial charge < -0.3 is 20.3 Å². The molecule has 0 saturated heterocycles. The number of amides is 2. The predicted molar refractivity (Wildman–Crippen MR) is 202 cm³/mol. The molecule has 15 heteroatoms. The average Bonchev–Trinajstić information content (AvgIpc) is 3.22. The van der Waals surface area contributed by atoms with E-state index < -0.39 is 49.9 Å². The SMILES string of the molecule is CCCCC1(CC)CN(c2ccccc2)c2cc(SC)c(OCC(=O)NC(C(=O)NCCNS(=O)(=O)N(C)C)c3ccccc3)cc2S(=O)(=O)C1. The van der Waals surface area contributed by atoms with E-state index in [1.807, 2.05) is 42.7 Å². The van der Waals surface area contributed by atoms with Gasteiger partial charge in [-0.25, -0.2) is 13.1 Å². The van der Waals surface area contributed by atoms with E-state index in [0.29, 0.717) is 29.1 Å². The molecule has 0 fully saturated rings. The molecule has 0 spiro atoms. The first-order chi connectivity index (χ1) is 24.3. The summed E-state index contributed by atoms with van der Waals surface area (Å²) >= 11 is 1.38. The van der Waals surface area contributed by atoms with Crippen molar-refractivity contribution in [2.75, 3.05) is 57.2 Å². The molecule has 12 nitrogen and oxygen atoms in total. The number of sulfone groups is 1. The van der Waals surface area contributed by atoms with Gasteiger partial charge in [0, 0.05) is 50.9 Å². The van der Waals surface area contributed by atoms with Crippen LogP contribution < -0.4 is 25.0 Å². The Morgan fingerprint density at radius 1 is 1.02 bits per heavy atom. The highest BCUT2D eigenvalue weighted by molar-refractivity contribution is 7.98. The van der Waals surface area contributed by atoms with Gasteiger partial charge in [0.15, 0.2) is 16.4 Å². The van der Waals surface area contributed by atoms with Crippen LogP contribution in [0.4, 0.5) is 11.4 Å². The van der Waals surface area contributed by atoms with Gasteiger partial charge in [-0.2, -0.15) is 12.7 Å². The standard InChI is InChI=1S/C36H49N5O7S3/c1-6-8-19-36(7-2)25-41(28-17-13-10-14-18-28)29-22-31(49-5)30(23-32(29)50(44,45)26-36)48-24-33(42)39-34(27-15-11-9-12-16-27)35(43)37-20-21-38-51(46,47)40(3)4/h9-18,22-23,34,38H,6-8,19-21,24-26H2,1-5H3,(H,37,43)(H,39,42). The van der Waals surface area contributed by atoms with Crippen molar-refractivity contribution in [3.63, 3.8) is 0 Å². The Bertz CT molecular complexity index is 1860. The predicted octanol–water partition coefficient (Wildman–Crippen LogP) is 4.67. The molecule has 3 aromatic carbocycles. The normalized spacial score (nSPS) is 17.6. The first kappa shape index (κ1) is 40.1. The Labute approximate surface area is 306 Å². The molecule has 1 heterocycles. The minimum Gasteiger partial charge on any atom is -0.483 e. The Balaban J connectivity index is 1.59. The number of thioether (sulfide) groups is 1. The largest absolute Gasteiger partial charge is 0.483 e. The van der Waals surface area contributed by atoms with Gasteiger partial charge in [-0.3, -0.25) is 9.59 Å².